The molecule has 0 fully saturated rings. The lowest BCUT2D eigenvalue weighted by Crippen LogP contribution is -2.09. The van der Waals surface area contributed by atoms with E-state index in [9.17, 15) is 9.59 Å². The van der Waals surface area contributed by atoms with Crippen LogP contribution in [0.2, 0.25) is 0 Å². The van der Waals surface area contributed by atoms with Crippen molar-refractivity contribution < 1.29 is 19.1 Å². The maximum Gasteiger partial charge on any atom is 0.356 e. The van der Waals surface area contributed by atoms with Crippen molar-refractivity contribution in [3.8, 4) is 0 Å². The van der Waals surface area contributed by atoms with E-state index in [0.717, 1.165) is 11.8 Å². The van der Waals surface area contributed by atoms with Crippen LogP contribution in [0.1, 0.15) is 17.4 Å². The van der Waals surface area contributed by atoms with Crippen molar-refractivity contribution >= 4 is 29.4 Å². The molecule has 6 nitrogen and oxygen atoms in total. The maximum atomic E-state index is 11.3. The summed E-state index contributed by atoms with van der Waals surface area (Å²) in [5.41, 5.74) is 6.25. The van der Waals surface area contributed by atoms with E-state index in [4.69, 9.17) is 10.5 Å². The number of nitrogens with zero attached hydrogens (tertiary/aromatic N) is 1. The van der Waals surface area contributed by atoms with Crippen molar-refractivity contribution in [1.82, 2.24) is 4.98 Å². The molecule has 7 heteroatoms. The zero-order valence-corrected chi connectivity index (χ0v) is 11.0. The third-order valence-corrected chi connectivity index (χ3v) is 2.90. The molecule has 0 amide bonds. The molecule has 0 aliphatic heterocycles. The van der Waals surface area contributed by atoms with Crippen molar-refractivity contribution in [2.24, 2.45) is 0 Å². The number of thioether (sulfide) groups is 1. The Hall–Kier alpha value is -1.76. The summed E-state index contributed by atoms with van der Waals surface area (Å²) < 4.78 is 9.33. The van der Waals surface area contributed by atoms with E-state index in [-0.39, 0.29) is 17.4 Å². The van der Waals surface area contributed by atoms with Gasteiger partial charge in [0.1, 0.15) is 10.7 Å². The summed E-state index contributed by atoms with van der Waals surface area (Å²) in [6.07, 6.45) is 0. The van der Waals surface area contributed by atoms with Gasteiger partial charge in [0.2, 0.25) is 0 Å². The summed E-state index contributed by atoms with van der Waals surface area (Å²) in [4.78, 5) is 26.5. The van der Waals surface area contributed by atoms with Gasteiger partial charge in [-0.3, -0.25) is 4.79 Å². The third kappa shape index (κ3) is 3.92. The lowest BCUT2D eigenvalue weighted by molar-refractivity contribution is -0.139. The first-order valence-corrected chi connectivity index (χ1v) is 6.20. The molecule has 1 aromatic heterocycles. The second-order valence-electron chi connectivity index (χ2n) is 3.18. The maximum absolute atomic E-state index is 11.3. The molecular weight excluding hydrogens is 256 g/mol. The van der Waals surface area contributed by atoms with E-state index in [1.165, 1.54) is 13.2 Å². The standard InChI is InChI=1S/C11H14N2O4S/c1-3-17-9(14)6-18-10-7(12)4-5-8(13-10)11(15)16-2/h4-5H,3,6,12H2,1-2H3. The molecule has 0 saturated carbocycles. The van der Waals surface area contributed by atoms with Crippen LogP contribution >= 0.6 is 11.8 Å². The molecule has 0 spiro atoms. The fraction of sp³-hybridized carbons (Fsp3) is 0.364. The molecule has 18 heavy (non-hydrogen) atoms. The van der Waals surface area contributed by atoms with E-state index in [1.807, 2.05) is 0 Å². The number of nitrogen functional groups attached to an aromatic ring is 1. The van der Waals surface area contributed by atoms with Crippen molar-refractivity contribution in [1.29, 1.82) is 0 Å². The molecule has 1 aromatic rings. The van der Waals surface area contributed by atoms with E-state index < -0.39 is 5.97 Å². The molecule has 0 radical (unpaired) electrons. The Morgan fingerprint density at radius 3 is 2.78 bits per heavy atom. The van der Waals surface area contributed by atoms with Crippen LogP contribution < -0.4 is 5.73 Å². The van der Waals surface area contributed by atoms with Crippen LogP contribution in [-0.4, -0.2) is 36.4 Å². The smallest absolute Gasteiger partial charge is 0.356 e. The second kappa shape index (κ2) is 6.85. The monoisotopic (exact) mass is 270 g/mol. The molecule has 0 atom stereocenters. The zero-order chi connectivity index (χ0) is 13.5. The Morgan fingerprint density at radius 2 is 2.17 bits per heavy atom. The highest BCUT2D eigenvalue weighted by Gasteiger charge is 2.12. The number of aromatic nitrogens is 1. The summed E-state index contributed by atoms with van der Waals surface area (Å²) in [5.74, 6) is -0.810. The van der Waals surface area contributed by atoms with Gasteiger partial charge in [-0.1, -0.05) is 11.8 Å². The van der Waals surface area contributed by atoms with Gasteiger partial charge in [0.25, 0.3) is 0 Å². The van der Waals surface area contributed by atoms with E-state index in [1.54, 1.807) is 13.0 Å². The number of carbonyl (C=O) groups is 2. The quantitative estimate of drug-likeness (QED) is 0.632. The number of rotatable bonds is 5. The summed E-state index contributed by atoms with van der Waals surface area (Å²) >= 11 is 1.12. The summed E-state index contributed by atoms with van der Waals surface area (Å²) in [7, 11) is 1.27. The molecule has 0 aliphatic carbocycles. The number of carbonyl (C=O) groups excluding carboxylic acids is 2. The van der Waals surface area contributed by atoms with Crippen molar-refractivity contribution in [2.45, 2.75) is 11.9 Å². The number of nitrogens with two attached hydrogens (primary N) is 1. The predicted molar refractivity (Wildman–Crippen MR) is 67.3 cm³/mol. The Labute approximate surface area is 109 Å². The van der Waals surface area contributed by atoms with Crippen molar-refractivity contribution in [3.63, 3.8) is 0 Å². The lowest BCUT2D eigenvalue weighted by atomic mass is 10.3. The fourth-order valence-electron chi connectivity index (χ4n) is 1.12. The normalized spacial score (nSPS) is 9.89. The summed E-state index contributed by atoms with van der Waals surface area (Å²) in [6, 6.07) is 3.02. The Balaban J connectivity index is 2.75. The topological polar surface area (TPSA) is 91.5 Å². The number of ether oxygens (including phenoxy) is 2. The Bertz CT molecular complexity index is 451. The van der Waals surface area contributed by atoms with Crippen LogP contribution in [0.4, 0.5) is 5.69 Å². The minimum absolute atomic E-state index is 0.0929. The van der Waals surface area contributed by atoms with Crippen molar-refractivity contribution in [2.75, 3.05) is 25.2 Å². The number of anilines is 1. The van der Waals surface area contributed by atoms with Gasteiger partial charge in [0.05, 0.1) is 25.2 Å². The van der Waals surface area contributed by atoms with Crippen molar-refractivity contribution in [3.05, 3.63) is 17.8 Å². The molecule has 1 heterocycles. The fourth-order valence-corrected chi connectivity index (χ4v) is 1.85. The highest BCUT2D eigenvalue weighted by Crippen LogP contribution is 2.23. The van der Waals surface area contributed by atoms with Crippen LogP contribution in [0, 0.1) is 0 Å². The minimum atomic E-state index is -0.548. The van der Waals surface area contributed by atoms with Crippen LogP contribution in [0.25, 0.3) is 0 Å². The molecule has 0 aliphatic rings. The van der Waals surface area contributed by atoms with Crippen LogP contribution in [0.5, 0.6) is 0 Å². The largest absolute Gasteiger partial charge is 0.465 e. The second-order valence-corrected chi connectivity index (χ2v) is 4.14. The number of esters is 2. The third-order valence-electron chi connectivity index (χ3n) is 1.92. The van der Waals surface area contributed by atoms with Gasteiger partial charge < -0.3 is 15.2 Å². The first-order valence-electron chi connectivity index (χ1n) is 5.21. The molecule has 0 saturated heterocycles. The summed E-state index contributed by atoms with van der Waals surface area (Å²) in [5, 5.41) is 0.408. The van der Waals surface area contributed by atoms with Gasteiger partial charge in [0.15, 0.2) is 0 Å². The molecule has 98 valence electrons. The van der Waals surface area contributed by atoms with Crippen LogP contribution in [0.15, 0.2) is 17.2 Å². The van der Waals surface area contributed by atoms with Crippen LogP contribution in [0.3, 0.4) is 0 Å². The molecular formula is C11H14N2O4S. The molecule has 0 aromatic carbocycles. The average molecular weight is 270 g/mol. The van der Waals surface area contributed by atoms with E-state index >= 15 is 0 Å². The highest BCUT2D eigenvalue weighted by atomic mass is 32.2. The van der Waals surface area contributed by atoms with Gasteiger partial charge >= 0.3 is 11.9 Å². The van der Waals surface area contributed by atoms with Gasteiger partial charge in [-0.05, 0) is 19.1 Å². The van der Waals surface area contributed by atoms with Gasteiger partial charge in [0, 0.05) is 0 Å². The molecule has 0 bridgehead atoms. The Kier molecular flexibility index (Phi) is 5.44. The molecule has 1 rings (SSSR count). The van der Waals surface area contributed by atoms with E-state index in [2.05, 4.69) is 9.72 Å². The number of hydrogen-bond donors (Lipinski definition) is 1. The molecule has 2 N–H and O–H groups in total. The van der Waals surface area contributed by atoms with Gasteiger partial charge in [-0.15, -0.1) is 0 Å². The number of pyridine rings is 1. The minimum Gasteiger partial charge on any atom is -0.465 e. The van der Waals surface area contributed by atoms with E-state index in [0.29, 0.717) is 17.3 Å². The summed E-state index contributed by atoms with van der Waals surface area (Å²) in [6.45, 7) is 2.05. The van der Waals surface area contributed by atoms with Gasteiger partial charge in [-0.2, -0.15) is 0 Å². The molecule has 0 unspecified atom stereocenters. The SMILES string of the molecule is CCOC(=O)CSc1nc(C(=O)OC)ccc1N. The average Bonchev–Trinajstić information content (AvgIpc) is 2.37. The highest BCUT2D eigenvalue weighted by molar-refractivity contribution is 8.00. The Morgan fingerprint density at radius 1 is 1.44 bits per heavy atom. The number of methoxy groups -OCH3 is 1. The van der Waals surface area contributed by atoms with Crippen LogP contribution in [-0.2, 0) is 14.3 Å². The first kappa shape index (κ1) is 14.3. The van der Waals surface area contributed by atoms with Gasteiger partial charge in [-0.25, -0.2) is 9.78 Å². The first-order chi connectivity index (χ1) is 8.58. The lowest BCUT2D eigenvalue weighted by Gasteiger charge is -2.06. The number of hydrogen-bond acceptors (Lipinski definition) is 7. The zero-order valence-electron chi connectivity index (χ0n) is 10.1. The predicted octanol–water partition coefficient (Wildman–Crippen LogP) is 1.11.